The molecule has 1 amide bonds. The van der Waals surface area contributed by atoms with Crippen LogP contribution < -0.4 is 20.1 Å². The molecule has 26 heavy (non-hydrogen) atoms. The van der Waals surface area contributed by atoms with Crippen molar-refractivity contribution in [2.24, 2.45) is 0 Å². The van der Waals surface area contributed by atoms with Crippen molar-refractivity contribution in [2.75, 3.05) is 30.4 Å². The molecule has 2 aromatic rings. The molecule has 5 heteroatoms. The fourth-order valence-corrected chi connectivity index (χ4v) is 2.16. The zero-order valence-electron chi connectivity index (χ0n) is 15.4. The van der Waals surface area contributed by atoms with Crippen LogP contribution in [0.15, 0.2) is 60.7 Å². The highest BCUT2D eigenvalue weighted by Crippen LogP contribution is 2.24. The van der Waals surface area contributed by atoms with E-state index in [1.807, 2.05) is 55.5 Å². The second-order valence-corrected chi connectivity index (χ2v) is 6.02. The van der Waals surface area contributed by atoms with Crippen LogP contribution in [0.5, 0.6) is 11.5 Å². The number of anilines is 2. The van der Waals surface area contributed by atoms with Gasteiger partial charge >= 0.3 is 0 Å². The Bertz CT molecular complexity index is 726. The molecule has 2 aromatic carbocycles. The number of hydrogen-bond donors (Lipinski definition) is 2. The fraction of sp³-hybridized carbons (Fsp3) is 0.286. The van der Waals surface area contributed by atoms with Crippen molar-refractivity contribution in [1.29, 1.82) is 0 Å². The molecule has 2 N–H and O–H groups in total. The number of rotatable bonds is 10. The van der Waals surface area contributed by atoms with Crippen molar-refractivity contribution in [3.05, 3.63) is 60.7 Å². The number of ether oxygens (including phenoxy) is 2. The van der Waals surface area contributed by atoms with Crippen molar-refractivity contribution in [3.8, 4) is 11.5 Å². The fourth-order valence-electron chi connectivity index (χ4n) is 2.16. The number of nitrogens with one attached hydrogen (secondary N) is 2. The molecule has 0 radical (unpaired) electrons. The van der Waals surface area contributed by atoms with Crippen molar-refractivity contribution in [3.63, 3.8) is 0 Å². The summed E-state index contributed by atoms with van der Waals surface area (Å²) in [6.07, 6.45) is 0.970. The number of benzene rings is 2. The molecule has 0 atom stereocenters. The summed E-state index contributed by atoms with van der Waals surface area (Å²) in [6, 6.07) is 14.9. The molecule has 0 fully saturated rings. The summed E-state index contributed by atoms with van der Waals surface area (Å²) in [5.41, 5.74) is 2.42. The molecule has 0 unspecified atom stereocenters. The van der Waals surface area contributed by atoms with Gasteiger partial charge in [0, 0.05) is 5.69 Å². The molecule has 5 nitrogen and oxygen atoms in total. The van der Waals surface area contributed by atoms with Gasteiger partial charge in [-0.2, -0.15) is 0 Å². The van der Waals surface area contributed by atoms with Gasteiger partial charge in [-0.15, -0.1) is 0 Å². The molecule has 0 saturated carbocycles. The molecule has 0 bridgehead atoms. The van der Waals surface area contributed by atoms with Crippen molar-refractivity contribution < 1.29 is 14.3 Å². The van der Waals surface area contributed by atoms with Crippen LogP contribution in [0.2, 0.25) is 0 Å². The highest BCUT2D eigenvalue weighted by molar-refractivity contribution is 5.95. The van der Waals surface area contributed by atoms with Crippen molar-refractivity contribution >= 4 is 17.3 Å². The minimum absolute atomic E-state index is 0.150. The minimum Gasteiger partial charge on any atom is -0.494 e. The van der Waals surface area contributed by atoms with E-state index in [9.17, 15) is 4.79 Å². The van der Waals surface area contributed by atoms with Gasteiger partial charge in [-0.25, -0.2) is 0 Å². The SMILES string of the molecule is C=C(C)COc1ccccc1NC(=O)CNc1ccc(OCCC)cc1. The molecule has 0 aromatic heterocycles. The Morgan fingerprint density at radius 3 is 2.50 bits per heavy atom. The summed E-state index contributed by atoms with van der Waals surface area (Å²) in [5, 5.41) is 5.96. The molecule has 0 saturated heterocycles. The van der Waals surface area contributed by atoms with Gasteiger partial charge in [0.1, 0.15) is 18.1 Å². The maximum atomic E-state index is 12.2. The van der Waals surface area contributed by atoms with E-state index in [1.165, 1.54) is 0 Å². The summed E-state index contributed by atoms with van der Waals surface area (Å²) < 4.78 is 11.2. The Morgan fingerprint density at radius 2 is 1.81 bits per heavy atom. The summed E-state index contributed by atoms with van der Waals surface area (Å²) in [7, 11) is 0. The lowest BCUT2D eigenvalue weighted by Crippen LogP contribution is -2.22. The van der Waals surface area contributed by atoms with Crippen molar-refractivity contribution in [1.82, 2.24) is 0 Å². The van der Waals surface area contributed by atoms with E-state index in [2.05, 4.69) is 24.1 Å². The van der Waals surface area contributed by atoms with E-state index in [1.54, 1.807) is 0 Å². The molecule has 0 heterocycles. The van der Waals surface area contributed by atoms with Gasteiger partial charge in [0.2, 0.25) is 5.91 Å². The lowest BCUT2D eigenvalue weighted by Gasteiger charge is -2.13. The summed E-state index contributed by atoms with van der Waals surface area (Å²) in [5.74, 6) is 1.30. The predicted octanol–water partition coefficient (Wildman–Crippen LogP) is 4.48. The van der Waals surface area contributed by atoms with Crippen LogP contribution in [0, 0.1) is 0 Å². The summed E-state index contributed by atoms with van der Waals surface area (Å²) in [6.45, 7) is 9.04. The van der Waals surface area contributed by atoms with E-state index in [-0.39, 0.29) is 12.5 Å². The van der Waals surface area contributed by atoms with E-state index in [4.69, 9.17) is 9.47 Å². The first kappa shape index (κ1) is 19.4. The standard InChI is InChI=1S/C21H26N2O3/c1-4-13-25-18-11-9-17(10-12-18)22-14-21(24)23-19-7-5-6-8-20(19)26-15-16(2)3/h5-12,22H,2,4,13-15H2,1,3H3,(H,23,24). The first-order chi connectivity index (χ1) is 12.6. The highest BCUT2D eigenvalue weighted by Gasteiger charge is 2.07. The Kier molecular flexibility index (Phi) is 7.55. The Morgan fingerprint density at radius 1 is 1.08 bits per heavy atom. The Hall–Kier alpha value is -2.95. The third-order valence-corrected chi connectivity index (χ3v) is 3.42. The van der Waals surface area contributed by atoms with E-state index in [0.717, 1.165) is 23.4 Å². The van der Waals surface area contributed by atoms with Crippen LogP contribution in [0.1, 0.15) is 20.3 Å². The van der Waals surface area contributed by atoms with E-state index >= 15 is 0 Å². The van der Waals surface area contributed by atoms with Crippen LogP contribution in [-0.2, 0) is 4.79 Å². The van der Waals surface area contributed by atoms with Gasteiger partial charge in [-0.05, 0) is 55.3 Å². The summed E-state index contributed by atoms with van der Waals surface area (Å²) in [4.78, 5) is 12.2. The molecule has 0 spiro atoms. The zero-order valence-corrected chi connectivity index (χ0v) is 15.4. The molecule has 138 valence electrons. The quantitative estimate of drug-likeness (QED) is 0.618. The monoisotopic (exact) mass is 354 g/mol. The third kappa shape index (κ3) is 6.51. The predicted molar refractivity (Wildman–Crippen MR) is 106 cm³/mol. The van der Waals surface area contributed by atoms with Crippen LogP contribution in [-0.4, -0.2) is 25.7 Å². The highest BCUT2D eigenvalue weighted by atomic mass is 16.5. The second kappa shape index (κ2) is 10.1. The second-order valence-electron chi connectivity index (χ2n) is 6.02. The topological polar surface area (TPSA) is 59.6 Å². The first-order valence-electron chi connectivity index (χ1n) is 8.71. The lowest BCUT2D eigenvalue weighted by molar-refractivity contribution is -0.114. The number of carbonyl (C=O) groups excluding carboxylic acids is 1. The minimum atomic E-state index is -0.150. The Balaban J connectivity index is 1.86. The average Bonchev–Trinajstić information content (AvgIpc) is 2.64. The van der Waals surface area contributed by atoms with Crippen LogP contribution in [0.25, 0.3) is 0 Å². The third-order valence-electron chi connectivity index (χ3n) is 3.42. The number of amides is 1. The van der Waals surface area contributed by atoms with Gasteiger partial charge in [-0.3, -0.25) is 4.79 Å². The normalized spacial score (nSPS) is 10.1. The smallest absolute Gasteiger partial charge is 0.243 e. The molecule has 0 aliphatic rings. The summed E-state index contributed by atoms with van der Waals surface area (Å²) >= 11 is 0. The maximum Gasteiger partial charge on any atom is 0.243 e. The van der Waals surface area contributed by atoms with Crippen molar-refractivity contribution in [2.45, 2.75) is 20.3 Å². The van der Waals surface area contributed by atoms with Gasteiger partial charge < -0.3 is 20.1 Å². The van der Waals surface area contributed by atoms with E-state index < -0.39 is 0 Å². The molecule has 0 aliphatic carbocycles. The lowest BCUT2D eigenvalue weighted by atomic mass is 10.2. The first-order valence-corrected chi connectivity index (χ1v) is 8.71. The number of carbonyl (C=O) groups is 1. The van der Waals surface area contributed by atoms with Gasteiger partial charge in [-0.1, -0.05) is 25.6 Å². The number of para-hydroxylation sites is 2. The van der Waals surface area contributed by atoms with Gasteiger partial charge in [0.15, 0.2) is 0 Å². The molecule has 2 rings (SSSR count). The average molecular weight is 354 g/mol. The van der Waals surface area contributed by atoms with Gasteiger partial charge in [0.05, 0.1) is 18.8 Å². The van der Waals surface area contributed by atoms with Crippen LogP contribution in [0.3, 0.4) is 0 Å². The molecule has 0 aliphatic heterocycles. The van der Waals surface area contributed by atoms with Gasteiger partial charge in [0.25, 0.3) is 0 Å². The number of hydrogen-bond acceptors (Lipinski definition) is 4. The maximum absolute atomic E-state index is 12.2. The molecular weight excluding hydrogens is 328 g/mol. The van der Waals surface area contributed by atoms with Crippen LogP contribution >= 0.6 is 0 Å². The Labute approximate surface area is 155 Å². The van der Waals surface area contributed by atoms with Crippen LogP contribution in [0.4, 0.5) is 11.4 Å². The zero-order chi connectivity index (χ0) is 18.8. The largest absolute Gasteiger partial charge is 0.494 e. The van der Waals surface area contributed by atoms with E-state index in [0.29, 0.717) is 24.7 Å². The molecular formula is C21H26N2O3.